The minimum atomic E-state index is -4.68. The average molecular weight is 487 g/mol. The molecule has 0 atom stereocenters. The van der Waals surface area contributed by atoms with Gasteiger partial charge < -0.3 is 5.32 Å². The molecule has 0 bridgehead atoms. The van der Waals surface area contributed by atoms with E-state index in [0.29, 0.717) is 0 Å². The van der Waals surface area contributed by atoms with Crippen molar-refractivity contribution >= 4 is 38.8 Å². The van der Waals surface area contributed by atoms with Gasteiger partial charge in [0, 0.05) is 10.6 Å². The zero-order valence-electron chi connectivity index (χ0n) is 15.9. The van der Waals surface area contributed by atoms with Crippen molar-refractivity contribution in [2.75, 3.05) is 11.5 Å². The SMILES string of the molecule is O=C(NCc1cccs1)c1ccc(C(F)(F)F)nc1SCCS(=O)(=O)c1ccccc1. The molecule has 0 saturated heterocycles. The van der Waals surface area contributed by atoms with Crippen LogP contribution in [-0.2, 0) is 22.6 Å². The van der Waals surface area contributed by atoms with Gasteiger partial charge in [-0.1, -0.05) is 24.3 Å². The third kappa shape index (κ3) is 6.31. The van der Waals surface area contributed by atoms with Gasteiger partial charge in [0.05, 0.1) is 22.8 Å². The second-order valence-electron chi connectivity index (χ2n) is 6.29. The van der Waals surface area contributed by atoms with Crippen molar-refractivity contribution in [2.45, 2.75) is 22.6 Å². The Morgan fingerprint density at radius 2 is 1.81 bits per heavy atom. The second-order valence-corrected chi connectivity index (χ2v) is 10.5. The molecule has 0 aliphatic rings. The molecule has 0 fully saturated rings. The zero-order chi connectivity index (χ0) is 22.5. The zero-order valence-corrected chi connectivity index (χ0v) is 18.4. The third-order valence-electron chi connectivity index (χ3n) is 4.09. The fourth-order valence-corrected chi connectivity index (χ4v) is 5.89. The minimum absolute atomic E-state index is 0.0355. The third-order valence-corrected chi connectivity index (χ3v) is 7.95. The first kappa shape index (κ1) is 23.3. The molecule has 1 amide bonds. The van der Waals surface area contributed by atoms with Crippen LogP contribution in [0.15, 0.2) is 69.9 Å². The number of hydrogen-bond donors (Lipinski definition) is 1. The smallest absolute Gasteiger partial charge is 0.347 e. The van der Waals surface area contributed by atoms with E-state index in [0.717, 1.165) is 28.8 Å². The summed E-state index contributed by atoms with van der Waals surface area (Å²) >= 11 is 2.24. The van der Waals surface area contributed by atoms with Crippen molar-refractivity contribution in [2.24, 2.45) is 0 Å². The summed E-state index contributed by atoms with van der Waals surface area (Å²) < 4.78 is 64.1. The van der Waals surface area contributed by atoms with Crippen molar-refractivity contribution in [3.63, 3.8) is 0 Å². The van der Waals surface area contributed by atoms with E-state index in [2.05, 4.69) is 10.3 Å². The number of sulfone groups is 1. The first-order valence-electron chi connectivity index (χ1n) is 8.96. The highest BCUT2D eigenvalue weighted by Gasteiger charge is 2.33. The average Bonchev–Trinajstić information content (AvgIpc) is 3.25. The summed E-state index contributed by atoms with van der Waals surface area (Å²) in [5, 5.41) is 4.33. The maximum atomic E-state index is 13.1. The molecule has 0 aliphatic heterocycles. The number of halogens is 3. The Bertz CT molecular complexity index is 1130. The van der Waals surface area contributed by atoms with Crippen molar-refractivity contribution in [1.82, 2.24) is 10.3 Å². The summed E-state index contributed by atoms with van der Waals surface area (Å²) in [6.45, 7) is 0.226. The molecule has 2 heterocycles. The molecular weight excluding hydrogens is 469 g/mol. The summed E-state index contributed by atoms with van der Waals surface area (Å²) in [6, 6.07) is 13.2. The summed E-state index contributed by atoms with van der Waals surface area (Å²) in [7, 11) is -3.61. The second kappa shape index (κ2) is 9.84. The predicted molar refractivity (Wildman–Crippen MR) is 114 cm³/mol. The molecular formula is C20H17F3N2O3S3. The number of alkyl halides is 3. The standard InChI is InChI=1S/C20H17F3N2O3S3/c21-20(22,23)17-9-8-16(18(26)24-13-14-5-4-10-29-14)19(25-17)30-11-12-31(27,28)15-6-2-1-3-7-15/h1-10H,11-13H2,(H,24,26). The fraction of sp³-hybridized carbons (Fsp3) is 0.200. The Labute approximate surface area is 185 Å². The molecule has 5 nitrogen and oxygen atoms in total. The van der Waals surface area contributed by atoms with Gasteiger partial charge in [-0.2, -0.15) is 13.2 Å². The van der Waals surface area contributed by atoms with Crippen molar-refractivity contribution in [3.05, 3.63) is 76.1 Å². The van der Waals surface area contributed by atoms with E-state index >= 15 is 0 Å². The Balaban J connectivity index is 1.76. The number of hydrogen-bond acceptors (Lipinski definition) is 6. The molecule has 0 radical (unpaired) electrons. The van der Waals surface area contributed by atoms with Gasteiger partial charge in [0.25, 0.3) is 5.91 Å². The van der Waals surface area contributed by atoms with Gasteiger partial charge in [-0.05, 0) is 35.7 Å². The number of pyridine rings is 1. The molecule has 11 heteroatoms. The highest BCUT2D eigenvalue weighted by Crippen LogP contribution is 2.31. The van der Waals surface area contributed by atoms with Crippen molar-refractivity contribution < 1.29 is 26.4 Å². The van der Waals surface area contributed by atoms with Crippen LogP contribution in [0.5, 0.6) is 0 Å². The van der Waals surface area contributed by atoms with Gasteiger partial charge in [-0.3, -0.25) is 4.79 Å². The summed E-state index contributed by atoms with van der Waals surface area (Å²) in [4.78, 5) is 17.1. The number of nitrogens with zero attached hydrogens (tertiary/aromatic N) is 1. The maximum absolute atomic E-state index is 13.1. The summed E-state index contributed by atoms with van der Waals surface area (Å²) in [5.41, 5.74) is -1.18. The summed E-state index contributed by atoms with van der Waals surface area (Å²) in [5.74, 6) is -0.949. The van der Waals surface area contributed by atoms with Crippen LogP contribution in [0, 0.1) is 0 Å². The van der Waals surface area contributed by atoms with Gasteiger partial charge in [-0.15, -0.1) is 23.1 Å². The molecule has 1 N–H and O–H groups in total. The number of benzene rings is 1. The molecule has 0 unspecified atom stereocenters. The Morgan fingerprint density at radius 1 is 1.06 bits per heavy atom. The predicted octanol–water partition coefficient (Wildman–Crippen LogP) is 4.66. The first-order valence-corrected chi connectivity index (χ1v) is 12.5. The van der Waals surface area contributed by atoms with Gasteiger partial charge in [0.2, 0.25) is 0 Å². The molecule has 3 aromatic rings. The van der Waals surface area contributed by atoms with Crippen LogP contribution in [0.4, 0.5) is 13.2 Å². The molecule has 2 aromatic heterocycles. The number of rotatable bonds is 8. The maximum Gasteiger partial charge on any atom is 0.433 e. The van der Waals surface area contributed by atoms with Crippen molar-refractivity contribution in [3.8, 4) is 0 Å². The molecule has 0 aliphatic carbocycles. The lowest BCUT2D eigenvalue weighted by atomic mass is 10.2. The van der Waals surface area contributed by atoms with Gasteiger partial charge in [-0.25, -0.2) is 13.4 Å². The molecule has 3 rings (SSSR count). The molecule has 1 aromatic carbocycles. The number of amides is 1. The highest BCUT2D eigenvalue weighted by molar-refractivity contribution is 8.00. The Kier molecular flexibility index (Phi) is 7.39. The van der Waals surface area contributed by atoms with Gasteiger partial charge in [0.15, 0.2) is 9.84 Å². The molecule has 31 heavy (non-hydrogen) atoms. The molecule has 0 saturated carbocycles. The van der Waals surface area contributed by atoms with E-state index in [9.17, 15) is 26.4 Å². The number of thiophene rings is 1. The Hall–Kier alpha value is -2.37. The van der Waals surface area contributed by atoms with Gasteiger partial charge in [0.1, 0.15) is 10.7 Å². The van der Waals surface area contributed by atoms with Crippen LogP contribution in [0.25, 0.3) is 0 Å². The molecule has 0 spiro atoms. The number of nitrogens with one attached hydrogen (secondary N) is 1. The van der Waals surface area contributed by atoms with E-state index in [1.165, 1.54) is 23.5 Å². The topological polar surface area (TPSA) is 76.1 Å². The van der Waals surface area contributed by atoms with E-state index in [1.807, 2.05) is 17.5 Å². The number of carbonyl (C=O) groups is 1. The minimum Gasteiger partial charge on any atom is -0.347 e. The molecule has 164 valence electrons. The van der Waals surface area contributed by atoms with Crippen molar-refractivity contribution in [1.29, 1.82) is 0 Å². The normalized spacial score (nSPS) is 12.0. The number of thioether (sulfide) groups is 1. The van der Waals surface area contributed by atoms with E-state index in [4.69, 9.17) is 0 Å². The van der Waals surface area contributed by atoms with E-state index in [-0.39, 0.29) is 33.5 Å². The van der Waals surface area contributed by atoms with E-state index < -0.39 is 27.6 Å². The lowest BCUT2D eigenvalue weighted by molar-refractivity contribution is -0.141. The van der Waals surface area contributed by atoms with Crippen LogP contribution in [-0.4, -0.2) is 30.8 Å². The highest BCUT2D eigenvalue weighted by atomic mass is 32.2. The van der Waals surface area contributed by atoms with Gasteiger partial charge >= 0.3 is 6.18 Å². The lowest BCUT2D eigenvalue weighted by Gasteiger charge is -2.12. The first-order chi connectivity index (χ1) is 14.7. The van der Waals surface area contributed by atoms with Crippen LogP contribution in [0.3, 0.4) is 0 Å². The largest absolute Gasteiger partial charge is 0.433 e. The Morgan fingerprint density at radius 3 is 2.45 bits per heavy atom. The van der Waals surface area contributed by atoms with Crippen LogP contribution < -0.4 is 5.32 Å². The van der Waals surface area contributed by atoms with Crippen LogP contribution in [0.2, 0.25) is 0 Å². The summed E-state index contributed by atoms with van der Waals surface area (Å²) in [6.07, 6.45) is -4.68. The lowest BCUT2D eigenvalue weighted by Crippen LogP contribution is -2.24. The fourth-order valence-electron chi connectivity index (χ4n) is 2.55. The number of aromatic nitrogens is 1. The number of carbonyl (C=O) groups excluding carboxylic acids is 1. The van der Waals surface area contributed by atoms with E-state index in [1.54, 1.807) is 18.2 Å². The quantitative estimate of drug-likeness (QED) is 0.469. The van der Waals surface area contributed by atoms with Crippen LogP contribution >= 0.6 is 23.1 Å². The van der Waals surface area contributed by atoms with Crippen LogP contribution in [0.1, 0.15) is 20.9 Å². The monoisotopic (exact) mass is 486 g/mol.